The first kappa shape index (κ1) is 16.0. The molecule has 3 unspecified atom stereocenters. The van der Waals surface area contributed by atoms with Crippen molar-refractivity contribution < 1.29 is 4.79 Å². The fourth-order valence-electron chi connectivity index (χ4n) is 3.02. The number of benzene rings is 1. The summed E-state index contributed by atoms with van der Waals surface area (Å²) >= 11 is 0. The molecule has 1 N–H and O–H groups in total. The number of rotatable bonds is 5. The highest BCUT2D eigenvalue weighted by Gasteiger charge is 2.39. The molecule has 0 saturated carbocycles. The minimum absolute atomic E-state index is 0.0200. The van der Waals surface area contributed by atoms with Gasteiger partial charge in [-0.25, -0.2) is 0 Å². The van der Waals surface area contributed by atoms with Gasteiger partial charge in [0.15, 0.2) is 0 Å². The molecule has 1 aromatic rings. The predicted molar refractivity (Wildman–Crippen MR) is 86.0 cm³/mol. The van der Waals surface area contributed by atoms with E-state index in [4.69, 9.17) is 0 Å². The van der Waals surface area contributed by atoms with E-state index in [1.54, 1.807) is 0 Å². The summed E-state index contributed by atoms with van der Waals surface area (Å²) in [5.74, 6) is 0.189. The predicted octanol–water partition coefficient (Wildman–Crippen LogP) is 2.02. The van der Waals surface area contributed by atoms with Crippen molar-refractivity contribution in [1.29, 1.82) is 0 Å². The van der Waals surface area contributed by atoms with E-state index in [2.05, 4.69) is 48.3 Å². The molecule has 3 atom stereocenters. The molecule has 2 rings (SSSR count). The Balaban J connectivity index is 2.24. The zero-order chi connectivity index (χ0) is 15.6. The maximum Gasteiger partial charge on any atom is 0.241 e. The standard InChI is InChI=1S/C17H27N3O/c1-6-14-7-9-15(10-8-14)16-18-13(3)17(21)20(16)12(2)11-19(4)5/h7-10,12-13,16,18H,6,11H2,1-5H3. The molecule has 1 saturated heterocycles. The molecule has 1 aliphatic rings. The summed E-state index contributed by atoms with van der Waals surface area (Å²) in [4.78, 5) is 16.6. The molecular weight excluding hydrogens is 262 g/mol. The third-order valence-electron chi connectivity index (χ3n) is 4.12. The Kier molecular flexibility index (Phi) is 5.01. The van der Waals surface area contributed by atoms with Gasteiger partial charge in [0, 0.05) is 12.6 Å². The van der Waals surface area contributed by atoms with Crippen LogP contribution in [0.15, 0.2) is 24.3 Å². The van der Waals surface area contributed by atoms with Gasteiger partial charge in [0.2, 0.25) is 5.91 Å². The molecule has 1 heterocycles. The van der Waals surface area contributed by atoms with Gasteiger partial charge in [-0.15, -0.1) is 0 Å². The zero-order valence-corrected chi connectivity index (χ0v) is 13.8. The van der Waals surface area contributed by atoms with Gasteiger partial charge in [-0.05, 0) is 45.5 Å². The molecule has 0 radical (unpaired) electrons. The smallest absolute Gasteiger partial charge is 0.241 e. The number of nitrogens with zero attached hydrogens (tertiary/aromatic N) is 2. The molecule has 4 heteroatoms. The van der Waals surface area contributed by atoms with Crippen LogP contribution in [-0.4, -0.2) is 48.4 Å². The molecule has 4 nitrogen and oxygen atoms in total. The maximum atomic E-state index is 12.5. The third kappa shape index (κ3) is 3.44. The Labute approximate surface area is 128 Å². The lowest BCUT2D eigenvalue weighted by Crippen LogP contribution is -2.43. The van der Waals surface area contributed by atoms with Crippen LogP contribution in [0, 0.1) is 0 Å². The maximum absolute atomic E-state index is 12.5. The molecule has 1 aromatic carbocycles. The van der Waals surface area contributed by atoms with Gasteiger partial charge in [-0.3, -0.25) is 10.1 Å². The molecule has 0 aliphatic carbocycles. The minimum atomic E-state index is -0.120. The topological polar surface area (TPSA) is 35.6 Å². The second kappa shape index (κ2) is 6.58. The number of amides is 1. The number of carbonyl (C=O) groups is 1. The van der Waals surface area contributed by atoms with Crippen molar-refractivity contribution in [3.63, 3.8) is 0 Å². The molecule has 1 fully saturated rings. The highest BCUT2D eigenvalue weighted by molar-refractivity contribution is 5.84. The molecule has 116 valence electrons. The van der Waals surface area contributed by atoms with Crippen LogP contribution in [0.2, 0.25) is 0 Å². The van der Waals surface area contributed by atoms with Crippen LogP contribution in [0.4, 0.5) is 0 Å². The Morgan fingerprint density at radius 3 is 2.43 bits per heavy atom. The van der Waals surface area contributed by atoms with Crippen LogP contribution >= 0.6 is 0 Å². The number of carbonyl (C=O) groups excluding carboxylic acids is 1. The van der Waals surface area contributed by atoms with Crippen LogP contribution in [0.3, 0.4) is 0 Å². The van der Waals surface area contributed by atoms with Crippen molar-refractivity contribution in [3.8, 4) is 0 Å². The molecule has 0 aromatic heterocycles. The number of hydrogen-bond donors (Lipinski definition) is 1. The molecule has 1 amide bonds. The number of aryl methyl sites for hydroxylation is 1. The molecule has 1 aliphatic heterocycles. The summed E-state index contributed by atoms with van der Waals surface area (Å²) < 4.78 is 0. The van der Waals surface area contributed by atoms with Gasteiger partial charge in [-0.1, -0.05) is 31.2 Å². The fourth-order valence-corrected chi connectivity index (χ4v) is 3.02. The molecule has 21 heavy (non-hydrogen) atoms. The van der Waals surface area contributed by atoms with Crippen molar-refractivity contribution >= 4 is 5.91 Å². The number of hydrogen-bond acceptors (Lipinski definition) is 3. The average molecular weight is 289 g/mol. The van der Waals surface area contributed by atoms with Gasteiger partial charge in [-0.2, -0.15) is 0 Å². The van der Waals surface area contributed by atoms with E-state index in [-0.39, 0.29) is 24.2 Å². The second-order valence-corrected chi connectivity index (χ2v) is 6.24. The van der Waals surface area contributed by atoms with E-state index < -0.39 is 0 Å². The van der Waals surface area contributed by atoms with Gasteiger partial charge in [0.05, 0.1) is 6.04 Å². The second-order valence-electron chi connectivity index (χ2n) is 6.24. The molecule has 0 spiro atoms. The van der Waals surface area contributed by atoms with Gasteiger partial charge >= 0.3 is 0 Å². The highest BCUT2D eigenvalue weighted by Crippen LogP contribution is 2.28. The largest absolute Gasteiger partial charge is 0.318 e. The lowest BCUT2D eigenvalue weighted by atomic mass is 10.1. The zero-order valence-electron chi connectivity index (χ0n) is 13.8. The summed E-state index contributed by atoms with van der Waals surface area (Å²) in [6, 6.07) is 8.64. The quantitative estimate of drug-likeness (QED) is 0.901. The van der Waals surface area contributed by atoms with E-state index in [9.17, 15) is 4.79 Å². The monoisotopic (exact) mass is 289 g/mol. The summed E-state index contributed by atoms with van der Waals surface area (Å²) in [5, 5.41) is 3.42. The first-order valence-corrected chi connectivity index (χ1v) is 7.75. The van der Waals surface area contributed by atoms with Crippen LogP contribution in [0.25, 0.3) is 0 Å². The highest BCUT2D eigenvalue weighted by atomic mass is 16.2. The SMILES string of the molecule is CCc1ccc(C2NC(C)C(=O)N2C(C)CN(C)C)cc1. The molecule has 0 bridgehead atoms. The van der Waals surface area contributed by atoms with Crippen molar-refractivity contribution in [2.24, 2.45) is 0 Å². The van der Waals surface area contributed by atoms with Crippen LogP contribution in [-0.2, 0) is 11.2 Å². The first-order chi connectivity index (χ1) is 9.93. The summed E-state index contributed by atoms with van der Waals surface area (Å²) in [6.45, 7) is 7.08. The van der Waals surface area contributed by atoms with E-state index in [1.807, 2.05) is 25.9 Å². The average Bonchev–Trinajstić information content (AvgIpc) is 2.74. The lowest BCUT2D eigenvalue weighted by molar-refractivity contribution is -0.132. The Hall–Kier alpha value is -1.39. The Morgan fingerprint density at radius 1 is 1.29 bits per heavy atom. The summed E-state index contributed by atoms with van der Waals surface area (Å²) in [5.41, 5.74) is 2.49. The van der Waals surface area contributed by atoms with Crippen LogP contribution in [0.5, 0.6) is 0 Å². The van der Waals surface area contributed by atoms with Gasteiger partial charge < -0.3 is 9.80 Å². The van der Waals surface area contributed by atoms with Crippen molar-refractivity contribution in [2.75, 3.05) is 20.6 Å². The minimum Gasteiger partial charge on any atom is -0.318 e. The Bertz CT molecular complexity index is 483. The number of likely N-dealkylation sites (N-methyl/N-ethyl adjacent to an activating group) is 1. The fraction of sp³-hybridized carbons (Fsp3) is 0.588. The Morgan fingerprint density at radius 2 is 1.90 bits per heavy atom. The van der Waals surface area contributed by atoms with E-state index in [0.29, 0.717) is 0 Å². The summed E-state index contributed by atoms with van der Waals surface area (Å²) in [6.07, 6.45) is 1.02. The van der Waals surface area contributed by atoms with E-state index >= 15 is 0 Å². The number of nitrogens with one attached hydrogen (secondary N) is 1. The normalized spacial score (nSPS) is 23.9. The van der Waals surface area contributed by atoms with Crippen molar-refractivity contribution in [1.82, 2.24) is 15.1 Å². The van der Waals surface area contributed by atoms with Gasteiger partial charge in [0.1, 0.15) is 6.17 Å². The van der Waals surface area contributed by atoms with Crippen LogP contribution < -0.4 is 5.32 Å². The third-order valence-corrected chi connectivity index (χ3v) is 4.12. The van der Waals surface area contributed by atoms with Crippen LogP contribution in [0.1, 0.15) is 38.1 Å². The van der Waals surface area contributed by atoms with E-state index in [1.165, 1.54) is 5.56 Å². The first-order valence-electron chi connectivity index (χ1n) is 7.75. The van der Waals surface area contributed by atoms with Crippen molar-refractivity contribution in [3.05, 3.63) is 35.4 Å². The van der Waals surface area contributed by atoms with E-state index in [0.717, 1.165) is 18.5 Å². The van der Waals surface area contributed by atoms with Crippen molar-refractivity contribution in [2.45, 2.75) is 45.4 Å². The lowest BCUT2D eigenvalue weighted by Gasteiger charge is -2.32. The van der Waals surface area contributed by atoms with Gasteiger partial charge in [0.25, 0.3) is 0 Å². The molecular formula is C17H27N3O. The summed E-state index contributed by atoms with van der Waals surface area (Å²) in [7, 11) is 4.08.